The third-order valence-corrected chi connectivity index (χ3v) is 1.92. The molecule has 11 heavy (non-hydrogen) atoms. The third kappa shape index (κ3) is 2.19. The molecule has 0 spiro atoms. The zero-order chi connectivity index (χ0) is 8.27. The van der Waals surface area contributed by atoms with Crippen molar-refractivity contribution in [3.05, 3.63) is 22.8 Å². The van der Waals surface area contributed by atoms with Gasteiger partial charge in [-0.1, -0.05) is 0 Å². The summed E-state index contributed by atoms with van der Waals surface area (Å²) in [6.07, 6.45) is 2.03. The van der Waals surface area contributed by atoms with E-state index < -0.39 is 0 Å². The van der Waals surface area contributed by atoms with Crippen LogP contribution < -0.4 is 9.88 Å². The van der Waals surface area contributed by atoms with Crippen LogP contribution in [0, 0.1) is 0 Å². The second kappa shape index (κ2) is 3.72. The van der Waals surface area contributed by atoms with Gasteiger partial charge in [0.15, 0.2) is 0 Å². The molecule has 0 saturated heterocycles. The van der Waals surface area contributed by atoms with Gasteiger partial charge in [-0.25, -0.2) is 4.57 Å². The van der Waals surface area contributed by atoms with Crippen LogP contribution in [-0.4, -0.2) is 6.54 Å². The van der Waals surface area contributed by atoms with Crippen molar-refractivity contribution in [1.82, 2.24) is 0 Å². The molecule has 0 unspecified atom stereocenters. The molecule has 1 N–H and O–H groups in total. The van der Waals surface area contributed by atoms with E-state index in [2.05, 4.69) is 28.2 Å². The quantitative estimate of drug-likeness (QED) is 0.744. The van der Waals surface area contributed by atoms with Gasteiger partial charge in [-0.15, -0.1) is 0 Å². The van der Waals surface area contributed by atoms with E-state index in [0.717, 1.165) is 16.8 Å². The molecular formula is C8H12BrN2+. The standard InChI is InChI=1S/C8H11BrN2/c1-3-10-8-5-4-7(9)6-11(8)2/h4-6H,3H2,1-2H3/p+1. The van der Waals surface area contributed by atoms with E-state index in [0.29, 0.717) is 0 Å². The number of nitrogens with one attached hydrogen (secondary N) is 1. The summed E-state index contributed by atoms with van der Waals surface area (Å²) < 4.78 is 3.15. The number of halogens is 1. The van der Waals surface area contributed by atoms with Crippen LogP contribution in [0.5, 0.6) is 0 Å². The van der Waals surface area contributed by atoms with Gasteiger partial charge in [-0.3, -0.25) is 5.32 Å². The second-order valence-corrected chi connectivity index (χ2v) is 3.29. The summed E-state index contributed by atoms with van der Waals surface area (Å²) in [5, 5.41) is 3.25. The van der Waals surface area contributed by atoms with Gasteiger partial charge in [0.05, 0.1) is 18.1 Å². The number of aryl methyl sites for hydroxylation is 1. The number of nitrogens with zero attached hydrogens (tertiary/aromatic N) is 1. The Morgan fingerprint density at radius 2 is 2.27 bits per heavy atom. The van der Waals surface area contributed by atoms with Gasteiger partial charge in [0, 0.05) is 6.07 Å². The van der Waals surface area contributed by atoms with Gasteiger partial charge in [-0.05, 0) is 28.9 Å². The minimum atomic E-state index is 0.954. The Morgan fingerprint density at radius 3 is 2.82 bits per heavy atom. The lowest BCUT2D eigenvalue weighted by molar-refractivity contribution is -0.657. The normalized spacial score (nSPS) is 9.73. The Hall–Kier alpha value is -0.570. The highest BCUT2D eigenvalue weighted by Gasteiger charge is 2.01. The Labute approximate surface area is 75.4 Å². The first kappa shape index (κ1) is 8.53. The molecule has 1 aromatic heterocycles. The van der Waals surface area contributed by atoms with E-state index in [1.807, 2.05) is 29.9 Å². The first-order valence-corrected chi connectivity index (χ1v) is 4.42. The van der Waals surface area contributed by atoms with Crippen molar-refractivity contribution in [3.8, 4) is 0 Å². The molecule has 0 atom stereocenters. The molecule has 60 valence electrons. The zero-order valence-electron chi connectivity index (χ0n) is 6.76. The fourth-order valence-corrected chi connectivity index (χ4v) is 1.38. The highest BCUT2D eigenvalue weighted by Crippen LogP contribution is 2.07. The molecule has 0 radical (unpaired) electrons. The van der Waals surface area contributed by atoms with Crippen LogP contribution in [0.2, 0.25) is 0 Å². The Kier molecular flexibility index (Phi) is 2.88. The number of aromatic nitrogens is 1. The monoisotopic (exact) mass is 215 g/mol. The van der Waals surface area contributed by atoms with Crippen LogP contribution in [0.1, 0.15) is 6.92 Å². The number of rotatable bonds is 2. The molecule has 3 heteroatoms. The van der Waals surface area contributed by atoms with E-state index in [1.165, 1.54) is 0 Å². The molecule has 2 nitrogen and oxygen atoms in total. The molecule has 1 rings (SSSR count). The summed E-state index contributed by atoms with van der Waals surface area (Å²) in [5.41, 5.74) is 0. The predicted molar refractivity (Wildman–Crippen MR) is 49.5 cm³/mol. The van der Waals surface area contributed by atoms with Crippen LogP contribution in [-0.2, 0) is 7.05 Å². The van der Waals surface area contributed by atoms with E-state index in [4.69, 9.17) is 0 Å². The number of pyridine rings is 1. The molecule has 0 aromatic carbocycles. The maximum atomic E-state index is 3.40. The van der Waals surface area contributed by atoms with Crippen molar-refractivity contribution >= 4 is 21.7 Å². The summed E-state index contributed by atoms with van der Waals surface area (Å²) >= 11 is 3.40. The molecule has 1 aromatic rings. The Balaban J connectivity index is 2.90. The van der Waals surface area contributed by atoms with Crippen LogP contribution in [0.15, 0.2) is 22.8 Å². The van der Waals surface area contributed by atoms with Gasteiger partial charge < -0.3 is 0 Å². The zero-order valence-corrected chi connectivity index (χ0v) is 8.35. The summed E-state index contributed by atoms with van der Waals surface area (Å²) in [6, 6.07) is 4.07. The molecule has 0 aliphatic rings. The van der Waals surface area contributed by atoms with Crippen molar-refractivity contribution in [2.24, 2.45) is 7.05 Å². The highest BCUT2D eigenvalue weighted by atomic mass is 79.9. The maximum Gasteiger partial charge on any atom is 0.274 e. The van der Waals surface area contributed by atoms with Crippen molar-refractivity contribution < 1.29 is 4.57 Å². The lowest BCUT2D eigenvalue weighted by atomic mass is 10.4. The van der Waals surface area contributed by atoms with Crippen molar-refractivity contribution in [2.75, 3.05) is 11.9 Å². The molecule has 1 heterocycles. The molecule has 0 aliphatic heterocycles. The molecule has 0 bridgehead atoms. The predicted octanol–water partition coefficient (Wildman–Crippen LogP) is 1.71. The smallest absolute Gasteiger partial charge is 0.274 e. The Morgan fingerprint density at radius 1 is 1.55 bits per heavy atom. The molecule has 0 aliphatic carbocycles. The number of hydrogen-bond donors (Lipinski definition) is 1. The molecule has 0 fully saturated rings. The third-order valence-electron chi connectivity index (χ3n) is 1.46. The lowest BCUT2D eigenvalue weighted by Crippen LogP contribution is -2.31. The number of anilines is 1. The first-order valence-electron chi connectivity index (χ1n) is 3.63. The van der Waals surface area contributed by atoms with Crippen LogP contribution in [0.3, 0.4) is 0 Å². The summed E-state index contributed by atoms with van der Waals surface area (Å²) in [4.78, 5) is 0. The van der Waals surface area contributed by atoms with Crippen molar-refractivity contribution in [3.63, 3.8) is 0 Å². The van der Waals surface area contributed by atoms with Gasteiger partial charge in [0.1, 0.15) is 6.20 Å². The maximum absolute atomic E-state index is 3.40. The number of hydrogen-bond acceptors (Lipinski definition) is 1. The van der Waals surface area contributed by atoms with Gasteiger partial charge in [0.2, 0.25) is 0 Å². The van der Waals surface area contributed by atoms with Gasteiger partial charge in [0.25, 0.3) is 5.82 Å². The largest absolute Gasteiger partial charge is 0.275 e. The molecule has 0 amide bonds. The average Bonchev–Trinajstić information content (AvgIpc) is 1.95. The van der Waals surface area contributed by atoms with Crippen molar-refractivity contribution in [1.29, 1.82) is 0 Å². The van der Waals surface area contributed by atoms with Crippen LogP contribution in [0.25, 0.3) is 0 Å². The second-order valence-electron chi connectivity index (χ2n) is 2.37. The topological polar surface area (TPSA) is 15.9 Å². The van der Waals surface area contributed by atoms with Crippen LogP contribution >= 0.6 is 15.9 Å². The SMILES string of the molecule is CCNc1ccc(Br)c[n+]1C. The first-order chi connectivity index (χ1) is 5.24. The van der Waals surface area contributed by atoms with Crippen molar-refractivity contribution in [2.45, 2.75) is 6.92 Å². The lowest BCUT2D eigenvalue weighted by Gasteiger charge is -2.00. The van der Waals surface area contributed by atoms with Crippen LogP contribution in [0.4, 0.5) is 5.82 Å². The minimum absolute atomic E-state index is 0.954. The Bertz CT molecular complexity index is 248. The summed E-state index contributed by atoms with van der Waals surface area (Å²) in [6.45, 7) is 3.04. The summed E-state index contributed by atoms with van der Waals surface area (Å²) in [7, 11) is 2.02. The fourth-order valence-electron chi connectivity index (χ4n) is 0.938. The van der Waals surface area contributed by atoms with E-state index in [-0.39, 0.29) is 0 Å². The van der Waals surface area contributed by atoms with E-state index in [9.17, 15) is 0 Å². The fraction of sp³-hybridized carbons (Fsp3) is 0.375. The average molecular weight is 216 g/mol. The van der Waals surface area contributed by atoms with Gasteiger partial charge >= 0.3 is 0 Å². The highest BCUT2D eigenvalue weighted by molar-refractivity contribution is 9.10. The molecular weight excluding hydrogens is 204 g/mol. The molecule has 0 saturated carbocycles. The van der Waals surface area contributed by atoms with Gasteiger partial charge in [-0.2, -0.15) is 0 Å². The summed E-state index contributed by atoms with van der Waals surface area (Å²) in [5.74, 6) is 1.13. The van der Waals surface area contributed by atoms with E-state index >= 15 is 0 Å². The van der Waals surface area contributed by atoms with E-state index in [1.54, 1.807) is 0 Å². The minimum Gasteiger partial charge on any atom is -0.275 e.